The van der Waals surface area contributed by atoms with Crippen LogP contribution in [0, 0.1) is 0 Å². The van der Waals surface area contributed by atoms with Crippen LogP contribution >= 0.6 is 0 Å². The fourth-order valence-electron chi connectivity index (χ4n) is 2.29. The topological polar surface area (TPSA) is 93.3 Å². The first kappa shape index (κ1) is 15.2. The third kappa shape index (κ3) is 4.17. The van der Waals surface area contributed by atoms with Crippen LogP contribution in [0.3, 0.4) is 0 Å². The van der Waals surface area contributed by atoms with Crippen LogP contribution < -0.4 is 15.6 Å². The first-order valence-electron chi connectivity index (χ1n) is 7.42. The van der Waals surface area contributed by atoms with Crippen LogP contribution in [0.5, 0.6) is 5.75 Å². The molecule has 1 aliphatic heterocycles. The summed E-state index contributed by atoms with van der Waals surface area (Å²) in [5, 5.41) is 8.62. The predicted octanol–water partition coefficient (Wildman–Crippen LogP) is 1.58. The molecule has 1 saturated heterocycles. The molecule has 0 bridgehead atoms. The predicted molar refractivity (Wildman–Crippen MR) is 83.7 cm³/mol. The molecule has 0 saturated carbocycles. The van der Waals surface area contributed by atoms with Crippen molar-refractivity contribution in [1.82, 2.24) is 10.2 Å². The Morgan fingerprint density at radius 1 is 1.39 bits per heavy atom. The van der Waals surface area contributed by atoms with Crippen molar-refractivity contribution < 1.29 is 14.3 Å². The number of hydrogen-bond donors (Lipinski definition) is 2. The van der Waals surface area contributed by atoms with Gasteiger partial charge in [-0.15, -0.1) is 0 Å². The second-order valence-corrected chi connectivity index (χ2v) is 5.23. The highest BCUT2D eigenvalue weighted by molar-refractivity contribution is 6.02. The van der Waals surface area contributed by atoms with E-state index in [9.17, 15) is 9.59 Å². The summed E-state index contributed by atoms with van der Waals surface area (Å²) in [6, 6.07) is 9.72. The SMILES string of the molecule is O=C(Nc1cccc(OC[C@H]2CCCO2)c1)c1ccc(=O)[nH]n1. The molecule has 2 N–H and O–H groups in total. The first-order valence-corrected chi connectivity index (χ1v) is 7.42. The highest BCUT2D eigenvalue weighted by Crippen LogP contribution is 2.20. The smallest absolute Gasteiger partial charge is 0.276 e. The number of nitrogens with zero attached hydrogens (tertiary/aromatic N) is 1. The average Bonchev–Trinajstić information content (AvgIpc) is 3.07. The zero-order chi connectivity index (χ0) is 16.1. The van der Waals surface area contributed by atoms with Crippen LogP contribution in [0.1, 0.15) is 23.3 Å². The molecule has 7 heteroatoms. The van der Waals surface area contributed by atoms with Crippen molar-refractivity contribution in [3.63, 3.8) is 0 Å². The molecule has 0 unspecified atom stereocenters. The second-order valence-electron chi connectivity index (χ2n) is 5.23. The van der Waals surface area contributed by atoms with Gasteiger partial charge in [0.25, 0.3) is 11.5 Å². The molecule has 1 aromatic heterocycles. The van der Waals surface area contributed by atoms with Crippen molar-refractivity contribution in [2.45, 2.75) is 18.9 Å². The van der Waals surface area contributed by atoms with Gasteiger partial charge in [0.05, 0.1) is 6.10 Å². The lowest BCUT2D eigenvalue weighted by atomic mass is 10.2. The lowest BCUT2D eigenvalue weighted by Gasteiger charge is -2.12. The Kier molecular flexibility index (Phi) is 4.68. The standard InChI is InChI=1S/C16H17N3O4/c20-15-7-6-14(18-19-15)16(21)17-11-3-1-4-12(9-11)23-10-13-5-2-8-22-13/h1,3-4,6-7,9,13H,2,5,8,10H2,(H,17,21)(H,19,20)/t13-/m1/s1. The van der Waals surface area contributed by atoms with Crippen LogP contribution in [-0.4, -0.2) is 35.4 Å². The molecule has 1 aliphatic rings. The van der Waals surface area contributed by atoms with Gasteiger partial charge in [0, 0.05) is 24.4 Å². The van der Waals surface area contributed by atoms with Crippen LogP contribution in [0.15, 0.2) is 41.2 Å². The summed E-state index contributed by atoms with van der Waals surface area (Å²) >= 11 is 0. The number of benzene rings is 1. The maximum Gasteiger partial charge on any atom is 0.276 e. The number of carbonyl (C=O) groups excluding carboxylic acids is 1. The molecule has 2 heterocycles. The molecule has 1 atom stereocenters. The van der Waals surface area contributed by atoms with Crippen LogP contribution in [-0.2, 0) is 4.74 Å². The van der Waals surface area contributed by atoms with Crippen LogP contribution in [0.25, 0.3) is 0 Å². The van der Waals surface area contributed by atoms with Gasteiger partial charge in [-0.05, 0) is 31.0 Å². The number of anilines is 1. The third-order valence-electron chi connectivity index (χ3n) is 3.46. The number of aromatic nitrogens is 2. The van der Waals surface area contributed by atoms with Gasteiger partial charge in [-0.1, -0.05) is 6.07 Å². The molecule has 0 aliphatic carbocycles. The Bertz CT molecular complexity index is 718. The van der Waals surface area contributed by atoms with E-state index < -0.39 is 5.91 Å². The van der Waals surface area contributed by atoms with E-state index in [0.29, 0.717) is 18.0 Å². The van der Waals surface area contributed by atoms with E-state index in [0.717, 1.165) is 19.4 Å². The highest BCUT2D eigenvalue weighted by Gasteiger charge is 2.16. The molecule has 3 rings (SSSR count). The minimum atomic E-state index is -0.405. The van der Waals surface area contributed by atoms with Gasteiger partial charge < -0.3 is 14.8 Å². The Morgan fingerprint density at radius 2 is 2.30 bits per heavy atom. The van der Waals surface area contributed by atoms with Gasteiger partial charge in [-0.25, -0.2) is 5.10 Å². The first-order chi connectivity index (χ1) is 11.2. The fourth-order valence-corrected chi connectivity index (χ4v) is 2.29. The number of hydrogen-bond acceptors (Lipinski definition) is 5. The minimum absolute atomic E-state index is 0.135. The molecule has 1 fully saturated rings. The van der Waals surface area contributed by atoms with E-state index in [-0.39, 0.29) is 17.4 Å². The Balaban J connectivity index is 1.61. The van der Waals surface area contributed by atoms with E-state index in [2.05, 4.69) is 15.5 Å². The van der Waals surface area contributed by atoms with E-state index in [1.165, 1.54) is 12.1 Å². The minimum Gasteiger partial charge on any atom is -0.491 e. The highest BCUT2D eigenvalue weighted by atomic mass is 16.5. The maximum absolute atomic E-state index is 12.0. The number of nitrogens with one attached hydrogen (secondary N) is 2. The summed E-state index contributed by atoms with van der Waals surface area (Å²) in [5.41, 5.74) is 0.370. The lowest BCUT2D eigenvalue weighted by Crippen LogP contribution is -2.18. The van der Waals surface area contributed by atoms with Gasteiger partial charge >= 0.3 is 0 Å². The van der Waals surface area contributed by atoms with Crippen molar-refractivity contribution in [3.05, 3.63) is 52.4 Å². The van der Waals surface area contributed by atoms with Gasteiger partial charge in [-0.2, -0.15) is 5.10 Å². The Morgan fingerprint density at radius 3 is 3.04 bits per heavy atom. The van der Waals surface area contributed by atoms with Crippen molar-refractivity contribution in [1.29, 1.82) is 0 Å². The molecular formula is C16H17N3O4. The zero-order valence-corrected chi connectivity index (χ0v) is 12.5. The van der Waals surface area contributed by atoms with E-state index in [4.69, 9.17) is 9.47 Å². The molecule has 0 spiro atoms. The summed E-state index contributed by atoms with van der Waals surface area (Å²) in [6.45, 7) is 1.29. The molecular weight excluding hydrogens is 298 g/mol. The third-order valence-corrected chi connectivity index (χ3v) is 3.46. The molecule has 120 valence electrons. The number of H-pyrrole nitrogens is 1. The second kappa shape index (κ2) is 7.06. The normalized spacial score (nSPS) is 17.0. The summed E-state index contributed by atoms with van der Waals surface area (Å²) in [7, 11) is 0. The van der Waals surface area contributed by atoms with Gasteiger partial charge in [0.15, 0.2) is 0 Å². The van der Waals surface area contributed by atoms with Gasteiger partial charge in [-0.3, -0.25) is 9.59 Å². The van der Waals surface area contributed by atoms with Crippen molar-refractivity contribution in [3.8, 4) is 5.75 Å². The molecule has 7 nitrogen and oxygen atoms in total. The maximum atomic E-state index is 12.0. The molecule has 0 radical (unpaired) electrons. The lowest BCUT2D eigenvalue weighted by molar-refractivity contribution is 0.0680. The largest absolute Gasteiger partial charge is 0.491 e. The number of rotatable bonds is 5. The van der Waals surface area contributed by atoms with Gasteiger partial charge in [0.1, 0.15) is 18.1 Å². The summed E-state index contributed by atoms with van der Waals surface area (Å²) in [4.78, 5) is 23.0. The monoisotopic (exact) mass is 315 g/mol. The number of carbonyl (C=O) groups is 1. The Hall–Kier alpha value is -2.67. The van der Waals surface area contributed by atoms with Crippen LogP contribution in [0.4, 0.5) is 5.69 Å². The number of aromatic amines is 1. The quantitative estimate of drug-likeness (QED) is 0.874. The zero-order valence-electron chi connectivity index (χ0n) is 12.5. The summed E-state index contributed by atoms with van der Waals surface area (Å²) in [5.74, 6) is 0.255. The molecule has 1 aromatic carbocycles. The molecule has 23 heavy (non-hydrogen) atoms. The molecule has 1 amide bonds. The average molecular weight is 315 g/mol. The van der Waals surface area contributed by atoms with Gasteiger partial charge in [0.2, 0.25) is 0 Å². The number of amides is 1. The molecule has 2 aromatic rings. The van der Waals surface area contributed by atoms with Crippen LogP contribution in [0.2, 0.25) is 0 Å². The van der Waals surface area contributed by atoms with Crippen molar-refractivity contribution >= 4 is 11.6 Å². The fraction of sp³-hybridized carbons (Fsp3) is 0.312. The van der Waals surface area contributed by atoms with E-state index >= 15 is 0 Å². The van der Waals surface area contributed by atoms with E-state index in [1.54, 1.807) is 18.2 Å². The van der Waals surface area contributed by atoms with E-state index in [1.807, 2.05) is 6.07 Å². The van der Waals surface area contributed by atoms with Crippen molar-refractivity contribution in [2.75, 3.05) is 18.5 Å². The number of ether oxygens (including phenoxy) is 2. The Labute approximate surface area is 132 Å². The van der Waals surface area contributed by atoms with Crippen molar-refractivity contribution in [2.24, 2.45) is 0 Å². The summed E-state index contributed by atoms with van der Waals surface area (Å²) in [6.07, 6.45) is 2.21. The summed E-state index contributed by atoms with van der Waals surface area (Å²) < 4.78 is 11.2.